The van der Waals surface area contributed by atoms with E-state index in [9.17, 15) is 0 Å². The van der Waals surface area contributed by atoms with Gasteiger partial charge in [-0.2, -0.15) is 0 Å². The van der Waals surface area contributed by atoms with Crippen LogP contribution in [0.3, 0.4) is 0 Å². The van der Waals surface area contributed by atoms with Crippen LogP contribution in [-0.2, 0) is 0 Å². The van der Waals surface area contributed by atoms with Crippen molar-refractivity contribution in [3.8, 4) is 0 Å². The maximum absolute atomic E-state index is 7.79. The first-order valence-corrected chi connectivity index (χ1v) is 7.81. The lowest BCUT2D eigenvalue weighted by molar-refractivity contribution is 0.679. The van der Waals surface area contributed by atoms with Crippen LogP contribution in [0.5, 0.6) is 0 Å². The zero-order chi connectivity index (χ0) is 13.4. The first-order chi connectivity index (χ1) is 9.13. The summed E-state index contributed by atoms with van der Waals surface area (Å²) >= 11 is 3.47. The molecule has 2 aliphatic carbocycles. The molecule has 2 fully saturated rings. The molecule has 0 radical (unpaired) electrons. The quantitative estimate of drug-likeness (QED) is 0.623. The number of nitrogens with zero attached hydrogens (tertiary/aromatic N) is 1. The van der Waals surface area contributed by atoms with Crippen LogP contribution in [-0.4, -0.2) is 18.9 Å². The van der Waals surface area contributed by atoms with E-state index >= 15 is 0 Å². The first kappa shape index (κ1) is 13.0. The highest BCUT2D eigenvalue weighted by Gasteiger charge is 2.30. The molecule has 0 heterocycles. The second kappa shape index (κ2) is 5.16. The monoisotopic (exact) mass is 321 g/mol. The van der Waals surface area contributed by atoms with Gasteiger partial charge in [0.15, 0.2) is 0 Å². The number of halogens is 1. The molecule has 0 aliphatic heterocycles. The molecule has 0 bridgehead atoms. The number of nitrogens with two attached hydrogens (primary N) is 1. The van der Waals surface area contributed by atoms with Gasteiger partial charge in [-0.1, -0.05) is 15.9 Å². The van der Waals surface area contributed by atoms with E-state index < -0.39 is 0 Å². The Hall–Kier alpha value is -1.03. The van der Waals surface area contributed by atoms with Gasteiger partial charge in [0.05, 0.1) is 0 Å². The minimum atomic E-state index is 0.160. The number of amidine groups is 1. The maximum Gasteiger partial charge on any atom is 0.124 e. The van der Waals surface area contributed by atoms with Crippen LogP contribution in [0.2, 0.25) is 0 Å². The normalized spacial score (nSPS) is 18.4. The molecule has 4 heteroatoms. The number of nitrogen functional groups attached to an aromatic ring is 1. The van der Waals surface area contributed by atoms with Crippen molar-refractivity contribution in [1.82, 2.24) is 0 Å². The maximum atomic E-state index is 7.79. The molecule has 0 saturated heterocycles. The highest BCUT2D eigenvalue weighted by atomic mass is 79.9. The summed E-state index contributed by atoms with van der Waals surface area (Å²) in [4.78, 5) is 2.46. The molecule has 3 rings (SSSR count). The summed E-state index contributed by atoms with van der Waals surface area (Å²) in [5, 5.41) is 7.79. The zero-order valence-electron chi connectivity index (χ0n) is 11.0. The highest BCUT2D eigenvalue weighted by molar-refractivity contribution is 9.10. The van der Waals surface area contributed by atoms with Crippen molar-refractivity contribution in [2.24, 2.45) is 17.6 Å². The second-order valence-corrected chi connectivity index (χ2v) is 6.78. The lowest BCUT2D eigenvalue weighted by Gasteiger charge is -2.27. The Kier molecular flexibility index (Phi) is 3.52. The SMILES string of the molecule is N=C(N)c1cc(Br)ccc1N(CC1CC1)CC1CC1. The fraction of sp³-hybridized carbons (Fsp3) is 0.533. The summed E-state index contributed by atoms with van der Waals surface area (Å²) in [5.74, 6) is 1.86. The van der Waals surface area contributed by atoms with E-state index in [0.29, 0.717) is 0 Å². The Balaban J connectivity index is 1.88. The average molecular weight is 322 g/mol. The van der Waals surface area contributed by atoms with Crippen LogP contribution >= 0.6 is 15.9 Å². The Bertz CT molecular complexity index is 478. The molecule has 1 aromatic rings. The molecule has 102 valence electrons. The summed E-state index contributed by atoms with van der Waals surface area (Å²) in [6.45, 7) is 2.25. The molecule has 3 nitrogen and oxygen atoms in total. The second-order valence-electron chi connectivity index (χ2n) is 5.87. The van der Waals surface area contributed by atoms with Crippen LogP contribution in [0, 0.1) is 17.2 Å². The van der Waals surface area contributed by atoms with Gasteiger partial charge in [0.25, 0.3) is 0 Å². The van der Waals surface area contributed by atoms with Crippen LogP contribution in [0.1, 0.15) is 31.2 Å². The number of anilines is 1. The lowest BCUT2D eigenvalue weighted by Crippen LogP contribution is -2.30. The van der Waals surface area contributed by atoms with Gasteiger partial charge in [-0.25, -0.2) is 0 Å². The number of benzene rings is 1. The molecule has 0 unspecified atom stereocenters. The van der Waals surface area contributed by atoms with Gasteiger partial charge < -0.3 is 10.6 Å². The highest BCUT2D eigenvalue weighted by Crippen LogP contribution is 2.37. The predicted molar refractivity (Wildman–Crippen MR) is 82.8 cm³/mol. The molecule has 0 spiro atoms. The van der Waals surface area contributed by atoms with Crippen molar-refractivity contribution < 1.29 is 0 Å². The zero-order valence-corrected chi connectivity index (χ0v) is 12.6. The molecule has 2 saturated carbocycles. The number of hydrogen-bond acceptors (Lipinski definition) is 2. The Labute approximate surface area is 122 Å². The summed E-state index contributed by atoms with van der Waals surface area (Å²) in [5.41, 5.74) is 7.74. The topological polar surface area (TPSA) is 53.1 Å². The van der Waals surface area contributed by atoms with Crippen LogP contribution in [0.25, 0.3) is 0 Å². The third-order valence-electron chi connectivity index (χ3n) is 3.94. The Morgan fingerprint density at radius 2 is 1.79 bits per heavy atom. The molecule has 1 aromatic carbocycles. The number of rotatable bonds is 6. The molecule has 0 aromatic heterocycles. The molecule has 2 aliphatic rings. The van der Waals surface area contributed by atoms with E-state index in [2.05, 4.69) is 33.0 Å². The van der Waals surface area contributed by atoms with Gasteiger partial charge in [0, 0.05) is 28.8 Å². The third-order valence-corrected chi connectivity index (χ3v) is 4.43. The fourth-order valence-electron chi connectivity index (χ4n) is 2.50. The van der Waals surface area contributed by atoms with E-state index in [-0.39, 0.29) is 5.84 Å². The van der Waals surface area contributed by atoms with E-state index in [1.165, 1.54) is 25.7 Å². The molecular weight excluding hydrogens is 302 g/mol. The smallest absolute Gasteiger partial charge is 0.124 e. The predicted octanol–water partition coefficient (Wildman–Crippen LogP) is 3.36. The van der Waals surface area contributed by atoms with Crippen LogP contribution < -0.4 is 10.6 Å². The van der Waals surface area contributed by atoms with E-state index in [1.54, 1.807) is 0 Å². The molecule has 3 N–H and O–H groups in total. The number of hydrogen-bond donors (Lipinski definition) is 2. The Morgan fingerprint density at radius 1 is 1.21 bits per heavy atom. The molecule has 0 amide bonds. The van der Waals surface area contributed by atoms with Crippen molar-refractivity contribution >= 4 is 27.5 Å². The van der Waals surface area contributed by atoms with Gasteiger partial charge >= 0.3 is 0 Å². The lowest BCUT2D eigenvalue weighted by atomic mass is 10.1. The third kappa shape index (κ3) is 3.30. The summed E-state index contributed by atoms with van der Waals surface area (Å²) < 4.78 is 0.985. The van der Waals surface area contributed by atoms with E-state index in [1.807, 2.05) is 6.07 Å². The van der Waals surface area contributed by atoms with E-state index in [0.717, 1.165) is 40.6 Å². The van der Waals surface area contributed by atoms with Crippen molar-refractivity contribution in [3.63, 3.8) is 0 Å². The standard InChI is InChI=1S/C15H20BrN3/c16-12-5-6-14(13(7-12)15(17)18)19(8-10-1-2-10)9-11-3-4-11/h5-7,10-11H,1-4,8-9H2,(H3,17,18). The van der Waals surface area contributed by atoms with Gasteiger partial charge in [-0.15, -0.1) is 0 Å². The minimum absolute atomic E-state index is 0.160. The fourth-order valence-corrected chi connectivity index (χ4v) is 2.86. The van der Waals surface area contributed by atoms with Crippen LogP contribution in [0.4, 0.5) is 5.69 Å². The molecule has 0 atom stereocenters. The molecular formula is C15H20BrN3. The average Bonchev–Trinajstić information content (AvgIpc) is 3.23. The largest absolute Gasteiger partial charge is 0.384 e. The van der Waals surface area contributed by atoms with Crippen molar-refractivity contribution in [1.29, 1.82) is 5.41 Å². The molecule has 19 heavy (non-hydrogen) atoms. The van der Waals surface area contributed by atoms with Gasteiger partial charge in [-0.05, 0) is 55.7 Å². The summed E-state index contributed by atoms with van der Waals surface area (Å²) in [6, 6.07) is 6.12. The van der Waals surface area contributed by atoms with Gasteiger partial charge in [0.1, 0.15) is 5.84 Å². The van der Waals surface area contributed by atoms with Crippen molar-refractivity contribution in [2.75, 3.05) is 18.0 Å². The van der Waals surface area contributed by atoms with E-state index in [4.69, 9.17) is 11.1 Å². The van der Waals surface area contributed by atoms with Gasteiger partial charge in [0.2, 0.25) is 0 Å². The van der Waals surface area contributed by atoms with Crippen molar-refractivity contribution in [2.45, 2.75) is 25.7 Å². The van der Waals surface area contributed by atoms with Crippen LogP contribution in [0.15, 0.2) is 22.7 Å². The minimum Gasteiger partial charge on any atom is -0.384 e. The summed E-state index contributed by atoms with van der Waals surface area (Å²) in [6.07, 6.45) is 5.42. The number of nitrogens with one attached hydrogen (secondary N) is 1. The van der Waals surface area contributed by atoms with Gasteiger partial charge in [-0.3, -0.25) is 5.41 Å². The van der Waals surface area contributed by atoms with Crippen molar-refractivity contribution in [3.05, 3.63) is 28.2 Å². The Morgan fingerprint density at radius 3 is 2.26 bits per heavy atom. The first-order valence-electron chi connectivity index (χ1n) is 7.02. The summed E-state index contributed by atoms with van der Waals surface area (Å²) in [7, 11) is 0.